The molecule has 0 aromatic heterocycles. The zero-order valence-electron chi connectivity index (χ0n) is 11.0. The van der Waals surface area contributed by atoms with Gasteiger partial charge in [0.2, 0.25) is 5.91 Å². The molecular weight excluding hydrogens is 274 g/mol. The van der Waals surface area contributed by atoms with Crippen LogP contribution in [0.25, 0.3) is 0 Å². The molecule has 0 bridgehead atoms. The first-order valence-electron chi connectivity index (χ1n) is 6.04. The summed E-state index contributed by atoms with van der Waals surface area (Å²) in [6.45, 7) is 3.43. The second-order valence-electron chi connectivity index (χ2n) is 4.81. The van der Waals surface area contributed by atoms with E-state index < -0.39 is 21.8 Å². The maximum Gasteiger partial charge on any atom is 0.305 e. The molecule has 1 aliphatic heterocycles. The molecule has 0 spiro atoms. The van der Waals surface area contributed by atoms with E-state index >= 15 is 0 Å². The largest absolute Gasteiger partial charge is 0.481 e. The number of hydrogen-bond donors (Lipinski definition) is 1. The quantitative estimate of drug-likeness (QED) is 0.734. The molecule has 110 valence electrons. The number of amides is 1. The average molecular weight is 293 g/mol. The summed E-state index contributed by atoms with van der Waals surface area (Å²) in [5, 5.41) is 8.79. The molecule has 0 aromatic carbocycles. The van der Waals surface area contributed by atoms with Gasteiger partial charge in [0, 0.05) is 6.54 Å². The van der Waals surface area contributed by atoms with Crippen LogP contribution in [0.15, 0.2) is 0 Å². The third-order valence-corrected chi connectivity index (χ3v) is 4.50. The molecule has 1 rings (SSSR count). The van der Waals surface area contributed by atoms with Gasteiger partial charge in [-0.1, -0.05) is 0 Å². The number of carboxylic acid groups (broad SMARTS) is 1. The molecule has 8 heteroatoms. The maximum absolute atomic E-state index is 11.9. The Morgan fingerprint density at radius 1 is 1.42 bits per heavy atom. The van der Waals surface area contributed by atoms with Crippen LogP contribution in [0.2, 0.25) is 0 Å². The minimum absolute atomic E-state index is 0.0283. The second-order valence-corrected chi connectivity index (χ2v) is 7.04. The van der Waals surface area contributed by atoms with Crippen LogP contribution in [-0.4, -0.2) is 67.1 Å². The molecule has 1 heterocycles. The topological polar surface area (TPSA) is 101 Å². The van der Waals surface area contributed by atoms with Crippen molar-refractivity contribution in [2.24, 2.45) is 0 Å². The molecule has 0 aromatic rings. The lowest BCUT2D eigenvalue weighted by Crippen LogP contribution is -2.53. The van der Waals surface area contributed by atoms with Crippen LogP contribution in [0.1, 0.15) is 20.3 Å². The van der Waals surface area contributed by atoms with Gasteiger partial charge in [-0.3, -0.25) is 9.59 Å². The molecule has 1 atom stereocenters. The van der Waals surface area contributed by atoms with E-state index in [9.17, 15) is 18.0 Å². The highest BCUT2D eigenvalue weighted by molar-refractivity contribution is 7.91. The Labute approximate surface area is 112 Å². The zero-order valence-corrected chi connectivity index (χ0v) is 11.9. The van der Waals surface area contributed by atoms with Crippen molar-refractivity contribution in [2.75, 3.05) is 24.7 Å². The predicted octanol–water partition coefficient (Wildman–Crippen LogP) is -0.488. The van der Waals surface area contributed by atoms with Crippen LogP contribution < -0.4 is 0 Å². The molecule has 7 nitrogen and oxygen atoms in total. The molecule has 0 radical (unpaired) electrons. The molecule has 1 aliphatic rings. The van der Waals surface area contributed by atoms with Gasteiger partial charge in [0.1, 0.15) is 6.61 Å². The van der Waals surface area contributed by atoms with E-state index in [1.807, 2.05) is 0 Å². The fourth-order valence-corrected chi connectivity index (χ4v) is 3.43. The van der Waals surface area contributed by atoms with Crippen molar-refractivity contribution in [2.45, 2.75) is 32.4 Å². The van der Waals surface area contributed by atoms with E-state index in [0.717, 1.165) is 0 Å². The number of ether oxygens (including phenoxy) is 1. The van der Waals surface area contributed by atoms with Gasteiger partial charge in [-0.2, -0.15) is 0 Å². The van der Waals surface area contributed by atoms with Crippen molar-refractivity contribution >= 4 is 21.7 Å². The van der Waals surface area contributed by atoms with Crippen LogP contribution in [0.3, 0.4) is 0 Å². The summed E-state index contributed by atoms with van der Waals surface area (Å²) in [4.78, 5) is 24.0. The summed E-state index contributed by atoms with van der Waals surface area (Å²) in [5.74, 6) is -1.91. The molecule has 0 saturated carbocycles. The van der Waals surface area contributed by atoms with E-state index in [-0.39, 0.29) is 43.1 Å². The molecule has 19 heavy (non-hydrogen) atoms. The van der Waals surface area contributed by atoms with Gasteiger partial charge in [-0.15, -0.1) is 0 Å². The zero-order chi connectivity index (χ0) is 14.6. The Hall–Kier alpha value is -1.15. The molecule has 1 saturated heterocycles. The summed E-state index contributed by atoms with van der Waals surface area (Å²) >= 11 is 0. The van der Waals surface area contributed by atoms with Gasteiger partial charge >= 0.3 is 5.97 Å². The fourth-order valence-electron chi connectivity index (χ4n) is 1.91. The molecule has 0 aliphatic carbocycles. The van der Waals surface area contributed by atoms with Gasteiger partial charge in [0.05, 0.1) is 30.1 Å². The van der Waals surface area contributed by atoms with Crippen LogP contribution in [0.5, 0.6) is 0 Å². The molecular formula is C11H19NO6S. The van der Waals surface area contributed by atoms with E-state index in [0.29, 0.717) is 0 Å². The summed E-state index contributed by atoms with van der Waals surface area (Å²) in [6.07, 6.45) is -0.484. The molecule has 1 amide bonds. The van der Waals surface area contributed by atoms with Gasteiger partial charge in [0.15, 0.2) is 9.84 Å². The molecule has 1 fully saturated rings. The highest BCUT2D eigenvalue weighted by Gasteiger charge is 2.35. The lowest BCUT2D eigenvalue weighted by Gasteiger charge is -2.34. The lowest BCUT2D eigenvalue weighted by molar-refractivity contribution is -0.143. The Morgan fingerprint density at radius 3 is 2.58 bits per heavy atom. The fraction of sp³-hybridized carbons (Fsp3) is 0.818. The van der Waals surface area contributed by atoms with Crippen molar-refractivity contribution in [1.82, 2.24) is 4.90 Å². The highest BCUT2D eigenvalue weighted by Crippen LogP contribution is 2.15. The van der Waals surface area contributed by atoms with E-state index in [2.05, 4.69) is 0 Å². The number of hydrogen-bond acceptors (Lipinski definition) is 5. The van der Waals surface area contributed by atoms with E-state index in [1.54, 1.807) is 13.8 Å². The summed E-state index contributed by atoms with van der Waals surface area (Å²) in [6, 6.07) is -0.806. The summed E-state index contributed by atoms with van der Waals surface area (Å²) in [7, 11) is -3.27. The number of sulfone groups is 1. The number of aliphatic carboxylic acids is 1. The summed E-state index contributed by atoms with van der Waals surface area (Å²) < 4.78 is 28.2. The maximum atomic E-state index is 11.9. The third-order valence-electron chi connectivity index (χ3n) is 2.80. The van der Waals surface area contributed by atoms with E-state index in [1.165, 1.54) is 4.90 Å². The monoisotopic (exact) mass is 293 g/mol. The standard InChI is InChI=1S/C11H19NO6S/c1-8(2)18-6-10(13)12-3-4-19(16,17)7-9(12)5-11(14)15/h8-9H,3-7H2,1-2H3,(H,14,15). The number of carbonyl (C=O) groups is 2. The van der Waals surface area contributed by atoms with Gasteiger partial charge in [-0.05, 0) is 13.8 Å². The summed E-state index contributed by atoms with van der Waals surface area (Å²) in [5.41, 5.74) is 0. The van der Waals surface area contributed by atoms with E-state index in [4.69, 9.17) is 9.84 Å². The normalized spacial score (nSPS) is 22.5. The Kier molecular flexibility index (Phi) is 5.30. The van der Waals surface area contributed by atoms with Crippen molar-refractivity contribution in [3.05, 3.63) is 0 Å². The minimum atomic E-state index is -3.27. The lowest BCUT2D eigenvalue weighted by atomic mass is 10.2. The molecule has 1 N–H and O–H groups in total. The van der Waals surface area contributed by atoms with Crippen LogP contribution >= 0.6 is 0 Å². The van der Waals surface area contributed by atoms with Crippen molar-refractivity contribution in [3.8, 4) is 0 Å². The number of rotatable bonds is 5. The van der Waals surface area contributed by atoms with Crippen molar-refractivity contribution in [1.29, 1.82) is 0 Å². The Balaban J connectivity index is 2.73. The number of nitrogens with zero attached hydrogens (tertiary/aromatic N) is 1. The Morgan fingerprint density at radius 2 is 2.05 bits per heavy atom. The third kappa shape index (κ3) is 5.15. The van der Waals surface area contributed by atoms with Crippen LogP contribution in [-0.2, 0) is 24.2 Å². The first-order chi connectivity index (χ1) is 8.71. The molecule has 1 unspecified atom stereocenters. The minimum Gasteiger partial charge on any atom is -0.481 e. The van der Waals surface area contributed by atoms with Crippen LogP contribution in [0.4, 0.5) is 0 Å². The smallest absolute Gasteiger partial charge is 0.305 e. The highest BCUT2D eigenvalue weighted by atomic mass is 32.2. The van der Waals surface area contributed by atoms with Crippen molar-refractivity contribution < 1.29 is 27.9 Å². The van der Waals surface area contributed by atoms with Gasteiger partial charge in [0.25, 0.3) is 0 Å². The van der Waals surface area contributed by atoms with Gasteiger partial charge < -0.3 is 14.7 Å². The number of carboxylic acids is 1. The van der Waals surface area contributed by atoms with Crippen LogP contribution in [0, 0.1) is 0 Å². The SMILES string of the molecule is CC(C)OCC(=O)N1CCS(=O)(=O)CC1CC(=O)O. The average Bonchev–Trinajstić information content (AvgIpc) is 2.24. The Bertz CT molecular complexity index is 444. The second kappa shape index (κ2) is 6.33. The predicted molar refractivity (Wildman–Crippen MR) is 67.5 cm³/mol. The first kappa shape index (κ1) is 15.9. The number of carbonyl (C=O) groups excluding carboxylic acids is 1. The van der Waals surface area contributed by atoms with Crippen molar-refractivity contribution in [3.63, 3.8) is 0 Å². The van der Waals surface area contributed by atoms with Gasteiger partial charge in [-0.25, -0.2) is 8.42 Å². The first-order valence-corrected chi connectivity index (χ1v) is 7.86.